The molecule has 1 aromatic heterocycles. The summed E-state index contributed by atoms with van der Waals surface area (Å²) in [5.74, 6) is 0.184. The minimum absolute atomic E-state index is 0.0929. The third-order valence-electron chi connectivity index (χ3n) is 3.48. The number of amides is 1. The fraction of sp³-hybridized carbons (Fsp3) is 0.167. The first kappa shape index (κ1) is 16.1. The summed E-state index contributed by atoms with van der Waals surface area (Å²) in [5.41, 5.74) is 4.70. The number of nitrogens with one attached hydrogen (secondary N) is 2. The van der Waals surface area contributed by atoms with Gasteiger partial charge in [0.25, 0.3) is 0 Å². The Hall–Kier alpha value is -2.78. The number of aromatic amines is 1. The van der Waals surface area contributed by atoms with Gasteiger partial charge in [0.1, 0.15) is 0 Å². The molecule has 0 bridgehead atoms. The molecule has 0 atom stereocenters. The zero-order chi connectivity index (χ0) is 16.9. The Morgan fingerprint density at radius 3 is 2.83 bits per heavy atom. The van der Waals surface area contributed by atoms with Crippen molar-refractivity contribution in [3.8, 4) is 6.07 Å². The number of rotatable bonds is 5. The van der Waals surface area contributed by atoms with E-state index in [0.29, 0.717) is 6.42 Å². The number of thioether (sulfide) groups is 1. The number of fused-ring (bicyclic) bond motifs is 1. The second kappa shape index (κ2) is 7.20. The highest BCUT2D eigenvalue weighted by Gasteiger charge is 2.08. The van der Waals surface area contributed by atoms with E-state index in [0.717, 1.165) is 27.4 Å². The van der Waals surface area contributed by atoms with Gasteiger partial charge in [0.05, 0.1) is 29.3 Å². The smallest absolute Gasteiger partial charge is 0.234 e. The molecule has 24 heavy (non-hydrogen) atoms. The Kier molecular flexibility index (Phi) is 4.82. The quantitative estimate of drug-likeness (QED) is 0.697. The lowest BCUT2D eigenvalue weighted by atomic mass is 10.1. The highest BCUT2D eigenvalue weighted by molar-refractivity contribution is 7.99. The fourth-order valence-electron chi connectivity index (χ4n) is 2.30. The first-order valence-electron chi connectivity index (χ1n) is 7.49. The van der Waals surface area contributed by atoms with Crippen molar-refractivity contribution in [1.29, 1.82) is 5.26 Å². The molecule has 3 aromatic rings. The number of aromatic nitrogens is 2. The average Bonchev–Trinajstić information content (AvgIpc) is 2.97. The lowest BCUT2D eigenvalue weighted by molar-refractivity contribution is -0.113. The van der Waals surface area contributed by atoms with Crippen molar-refractivity contribution in [2.45, 2.75) is 18.5 Å². The summed E-state index contributed by atoms with van der Waals surface area (Å²) in [4.78, 5) is 19.7. The van der Waals surface area contributed by atoms with Crippen molar-refractivity contribution in [2.75, 3.05) is 11.1 Å². The third kappa shape index (κ3) is 3.94. The predicted molar refractivity (Wildman–Crippen MR) is 95.9 cm³/mol. The molecule has 0 aliphatic rings. The maximum absolute atomic E-state index is 12.0. The van der Waals surface area contributed by atoms with E-state index < -0.39 is 0 Å². The minimum atomic E-state index is -0.0929. The van der Waals surface area contributed by atoms with Gasteiger partial charge >= 0.3 is 0 Å². The van der Waals surface area contributed by atoms with Crippen LogP contribution in [0, 0.1) is 18.3 Å². The number of nitrogens with zero attached hydrogens (tertiary/aromatic N) is 2. The Morgan fingerprint density at radius 2 is 2.08 bits per heavy atom. The molecule has 0 saturated heterocycles. The number of aryl methyl sites for hydroxylation is 1. The van der Waals surface area contributed by atoms with Crippen molar-refractivity contribution in [1.82, 2.24) is 9.97 Å². The monoisotopic (exact) mass is 336 g/mol. The molecule has 0 radical (unpaired) electrons. The highest BCUT2D eigenvalue weighted by Crippen LogP contribution is 2.20. The third-order valence-corrected chi connectivity index (χ3v) is 4.35. The van der Waals surface area contributed by atoms with E-state index in [1.165, 1.54) is 17.3 Å². The van der Waals surface area contributed by atoms with E-state index in [9.17, 15) is 4.79 Å². The predicted octanol–water partition coefficient (Wildman–Crippen LogP) is 3.67. The lowest BCUT2D eigenvalue weighted by Gasteiger charge is -2.04. The molecule has 0 unspecified atom stereocenters. The second-order valence-corrected chi connectivity index (χ2v) is 6.40. The molecule has 5 nitrogen and oxygen atoms in total. The molecule has 6 heteroatoms. The van der Waals surface area contributed by atoms with Crippen LogP contribution >= 0.6 is 11.8 Å². The van der Waals surface area contributed by atoms with Crippen LogP contribution in [0.15, 0.2) is 47.6 Å². The van der Waals surface area contributed by atoms with E-state index in [2.05, 4.69) is 21.4 Å². The van der Waals surface area contributed by atoms with Gasteiger partial charge in [-0.1, -0.05) is 30.0 Å². The first-order valence-corrected chi connectivity index (χ1v) is 8.47. The summed E-state index contributed by atoms with van der Waals surface area (Å²) >= 11 is 1.37. The van der Waals surface area contributed by atoms with Crippen LogP contribution in [-0.4, -0.2) is 21.6 Å². The molecule has 2 N–H and O–H groups in total. The van der Waals surface area contributed by atoms with Gasteiger partial charge < -0.3 is 10.3 Å². The number of hydrogen-bond acceptors (Lipinski definition) is 4. The fourth-order valence-corrected chi connectivity index (χ4v) is 2.98. The standard InChI is InChI=1S/C18H16N4OS/c1-12-2-7-15-16(10-12)22-18(21-15)24-11-17(23)20-14-5-3-13(4-6-14)8-9-19/h2-7,10H,8,11H2,1H3,(H,20,23)(H,21,22). The number of carbonyl (C=O) groups excluding carboxylic acids is 1. The van der Waals surface area contributed by atoms with Crippen molar-refractivity contribution >= 4 is 34.4 Å². The van der Waals surface area contributed by atoms with E-state index in [-0.39, 0.29) is 11.7 Å². The van der Waals surface area contributed by atoms with Gasteiger partial charge in [-0.05, 0) is 42.3 Å². The van der Waals surface area contributed by atoms with Gasteiger partial charge in [0, 0.05) is 5.69 Å². The van der Waals surface area contributed by atoms with Crippen LogP contribution in [0.5, 0.6) is 0 Å². The van der Waals surface area contributed by atoms with E-state index in [1.54, 1.807) is 12.1 Å². The number of carbonyl (C=O) groups is 1. The summed E-state index contributed by atoms with van der Waals surface area (Å²) in [6, 6.07) is 15.4. The molecule has 3 rings (SSSR count). The molecule has 0 fully saturated rings. The number of imidazole rings is 1. The zero-order valence-corrected chi connectivity index (χ0v) is 14.0. The van der Waals surface area contributed by atoms with Crippen molar-refractivity contribution in [2.24, 2.45) is 0 Å². The van der Waals surface area contributed by atoms with Gasteiger partial charge in [-0.15, -0.1) is 0 Å². The Bertz CT molecular complexity index is 909. The Morgan fingerprint density at radius 1 is 1.29 bits per heavy atom. The van der Waals surface area contributed by atoms with Gasteiger partial charge in [-0.25, -0.2) is 4.98 Å². The number of anilines is 1. The molecule has 0 spiro atoms. The number of nitriles is 1. The van der Waals surface area contributed by atoms with E-state index in [4.69, 9.17) is 5.26 Å². The molecular formula is C18H16N4OS. The number of hydrogen-bond donors (Lipinski definition) is 2. The summed E-state index contributed by atoms with van der Waals surface area (Å²) < 4.78 is 0. The molecule has 2 aromatic carbocycles. The summed E-state index contributed by atoms with van der Waals surface area (Å²) in [7, 11) is 0. The van der Waals surface area contributed by atoms with Crippen molar-refractivity contribution in [3.05, 3.63) is 53.6 Å². The van der Waals surface area contributed by atoms with Crippen LogP contribution in [0.2, 0.25) is 0 Å². The van der Waals surface area contributed by atoms with Gasteiger partial charge in [-0.2, -0.15) is 5.26 Å². The van der Waals surface area contributed by atoms with Crippen LogP contribution in [0.1, 0.15) is 11.1 Å². The summed E-state index contributed by atoms with van der Waals surface area (Å²) in [6.07, 6.45) is 0.371. The number of H-pyrrole nitrogens is 1. The number of benzene rings is 2. The van der Waals surface area contributed by atoms with Crippen molar-refractivity contribution < 1.29 is 4.79 Å². The van der Waals surface area contributed by atoms with Crippen LogP contribution in [-0.2, 0) is 11.2 Å². The topological polar surface area (TPSA) is 81.6 Å². The molecule has 1 heterocycles. The molecule has 0 aliphatic heterocycles. The van der Waals surface area contributed by atoms with Crippen LogP contribution < -0.4 is 5.32 Å². The maximum atomic E-state index is 12.0. The van der Waals surface area contributed by atoms with Crippen molar-refractivity contribution in [3.63, 3.8) is 0 Å². The Labute approximate surface area is 144 Å². The van der Waals surface area contributed by atoms with E-state index >= 15 is 0 Å². The summed E-state index contributed by atoms with van der Waals surface area (Å²) in [5, 5.41) is 12.2. The Balaban J connectivity index is 1.57. The highest BCUT2D eigenvalue weighted by atomic mass is 32.2. The second-order valence-electron chi connectivity index (χ2n) is 5.43. The van der Waals surface area contributed by atoms with Gasteiger partial charge in [-0.3, -0.25) is 4.79 Å². The maximum Gasteiger partial charge on any atom is 0.234 e. The van der Waals surface area contributed by atoms with Gasteiger partial charge in [0.15, 0.2) is 5.16 Å². The largest absolute Gasteiger partial charge is 0.333 e. The van der Waals surface area contributed by atoms with E-state index in [1.807, 2.05) is 37.3 Å². The van der Waals surface area contributed by atoms with Crippen LogP contribution in [0.3, 0.4) is 0 Å². The normalized spacial score (nSPS) is 10.5. The SMILES string of the molecule is Cc1ccc2nc(SCC(=O)Nc3ccc(CC#N)cc3)[nH]c2c1. The van der Waals surface area contributed by atoms with Gasteiger partial charge in [0.2, 0.25) is 5.91 Å². The first-order chi connectivity index (χ1) is 11.6. The molecule has 0 saturated carbocycles. The molecule has 120 valence electrons. The molecule has 1 amide bonds. The minimum Gasteiger partial charge on any atom is -0.333 e. The van der Waals surface area contributed by atoms with Crippen LogP contribution in [0.4, 0.5) is 5.69 Å². The lowest BCUT2D eigenvalue weighted by Crippen LogP contribution is -2.14. The summed E-state index contributed by atoms with van der Waals surface area (Å²) in [6.45, 7) is 2.03. The molecular weight excluding hydrogens is 320 g/mol. The average molecular weight is 336 g/mol. The van der Waals surface area contributed by atoms with Crippen LogP contribution in [0.25, 0.3) is 11.0 Å². The zero-order valence-electron chi connectivity index (χ0n) is 13.2. The molecule has 0 aliphatic carbocycles.